The molecular weight excluding hydrogens is 454 g/mol. The molecule has 1 aliphatic carbocycles. The van der Waals surface area contributed by atoms with Gasteiger partial charge in [-0.3, -0.25) is 14.3 Å². The Morgan fingerprint density at radius 3 is 2.85 bits per heavy atom. The molecule has 0 aliphatic heterocycles. The summed E-state index contributed by atoms with van der Waals surface area (Å²) in [5.74, 6) is 1.05. The van der Waals surface area contributed by atoms with Crippen molar-refractivity contribution in [2.75, 3.05) is 12.4 Å². The lowest BCUT2D eigenvalue weighted by atomic mass is 9.92. The molecule has 1 aromatic carbocycles. The summed E-state index contributed by atoms with van der Waals surface area (Å²) in [6, 6.07) is 5.36. The number of rotatable bonds is 8. The zero-order valence-electron chi connectivity index (χ0n) is 19.1. The van der Waals surface area contributed by atoms with E-state index < -0.39 is 0 Å². The van der Waals surface area contributed by atoms with Gasteiger partial charge in [-0.1, -0.05) is 18.2 Å². The van der Waals surface area contributed by atoms with Crippen molar-refractivity contribution >= 4 is 29.0 Å². The predicted octanol–water partition coefficient (Wildman–Crippen LogP) is 4.51. The summed E-state index contributed by atoms with van der Waals surface area (Å²) in [5, 5.41) is 7.41. The van der Waals surface area contributed by atoms with Crippen molar-refractivity contribution in [1.82, 2.24) is 19.7 Å². The summed E-state index contributed by atoms with van der Waals surface area (Å²) in [5.41, 5.74) is 2.78. The van der Waals surface area contributed by atoms with Crippen LogP contribution in [0.5, 0.6) is 5.88 Å². The van der Waals surface area contributed by atoms with E-state index >= 15 is 0 Å². The molecule has 4 rings (SSSR count). The lowest BCUT2D eigenvalue weighted by Gasteiger charge is -2.14. The Morgan fingerprint density at radius 2 is 2.15 bits per heavy atom. The summed E-state index contributed by atoms with van der Waals surface area (Å²) in [6.07, 6.45) is 9.49. The molecule has 1 fully saturated rings. The number of carbonyl (C=O) groups excluding carboxylic acids is 2. The number of anilines is 1. The van der Waals surface area contributed by atoms with Crippen LogP contribution in [-0.2, 0) is 18.3 Å². The Kier molecular flexibility index (Phi) is 7.07. The molecule has 2 aromatic heterocycles. The van der Waals surface area contributed by atoms with Crippen LogP contribution in [0.25, 0.3) is 11.1 Å². The second-order valence-electron chi connectivity index (χ2n) is 8.44. The van der Waals surface area contributed by atoms with E-state index in [0.29, 0.717) is 40.3 Å². The summed E-state index contributed by atoms with van der Waals surface area (Å²) < 4.78 is 6.86. The number of carbonyl (C=O) groups is 2. The third-order valence-corrected chi connectivity index (χ3v) is 6.36. The van der Waals surface area contributed by atoms with Gasteiger partial charge in [-0.05, 0) is 49.5 Å². The van der Waals surface area contributed by atoms with E-state index in [1.165, 1.54) is 13.2 Å². The number of methoxy groups -OCH3 is 1. The fraction of sp³-hybridized carbons (Fsp3) is 0.320. The third-order valence-electron chi connectivity index (χ3n) is 6.10. The van der Waals surface area contributed by atoms with Gasteiger partial charge in [0.2, 0.25) is 11.8 Å². The van der Waals surface area contributed by atoms with E-state index in [4.69, 9.17) is 16.3 Å². The van der Waals surface area contributed by atoms with Crippen molar-refractivity contribution in [2.45, 2.75) is 25.7 Å². The first-order chi connectivity index (χ1) is 16.4. The lowest BCUT2D eigenvalue weighted by molar-refractivity contribution is -0.111. The number of nitrogens with one attached hydrogen (secondary N) is 1. The van der Waals surface area contributed by atoms with Gasteiger partial charge in [0.1, 0.15) is 10.8 Å². The molecule has 0 bridgehead atoms. The predicted molar refractivity (Wildman–Crippen MR) is 130 cm³/mol. The Balaban J connectivity index is 1.51. The van der Waals surface area contributed by atoms with Crippen LogP contribution < -0.4 is 10.1 Å². The molecule has 8 nitrogen and oxygen atoms in total. The first-order valence-electron chi connectivity index (χ1n) is 11.0. The molecule has 1 saturated carbocycles. The highest BCUT2D eigenvalue weighted by atomic mass is 35.5. The van der Waals surface area contributed by atoms with Crippen LogP contribution in [0.15, 0.2) is 49.4 Å². The normalized spacial score (nSPS) is 17.4. The van der Waals surface area contributed by atoms with E-state index in [1.54, 1.807) is 29.2 Å². The molecular formula is C25H26ClN5O3. The van der Waals surface area contributed by atoms with Crippen molar-refractivity contribution in [1.29, 1.82) is 0 Å². The molecule has 0 radical (unpaired) electrons. The van der Waals surface area contributed by atoms with Crippen molar-refractivity contribution in [2.24, 2.45) is 18.9 Å². The number of hydrogen-bond donors (Lipinski definition) is 1. The summed E-state index contributed by atoms with van der Waals surface area (Å²) in [7, 11) is 3.34. The van der Waals surface area contributed by atoms with Crippen molar-refractivity contribution in [3.05, 3.63) is 65.9 Å². The summed E-state index contributed by atoms with van der Waals surface area (Å²) >= 11 is 6.02. The van der Waals surface area contributed by atoms with Gasteiger partial charge in [0, 0.05) is 48.0 Å². The minimum Gasteiger partial charge on any atom is -0.480 e. The number of ketones is 1. The quantitative estimate of drug-likeness (QED) is 0.377. The standard InChI is InChI=1S/C25H26ClN5O3/c1-4-23(32)29-21-8-7-17(11-19(21)18-12-28-31(2)14-18)24(33)16-6-5-15(9-16)10-22-27-13-20(26)25(30-22)34-3/h4,7-8,11-16H,1,5-6,9-10H2,2-3H3,(H,29,32)/t15-,16?/m1/s1. The highest BCUT2D eigenvalue weighted by molar-refractivity contribution is 6.31. The highest BCUT2D eigenvalue weighted by Crippen LogP contribution is 2.37. The van der Waals surface area contributed by atoms with Crippen LogP contribution in [-0.4, -0.2) is 38.5 Å². The molecule has 34 heavy (non-hydrogen) atoms. The van der Waals surface area contributed by atoms with Crippen LogP contribution in [0.1, 0.15) is 35.4 Å². The van der Waals surface area contributed by atoms with Crippen LogP contribution >= 0.6 is 11.6 Å². The van der Waals surface area contributed by atoms with Crippen LogP contribution in [0.4, 0.5) is 5.69 Å². The first kappa shape index (κ1) is 23.6. The number of aryl methyl sites for hydroxylation is 1. The molecule has 2 heterocycles. The van der Waals surface area contributed by atoms with Gasteiger partial charge in [0.25, 0.3) is 0 Å². The summed E-state index contributed by atoms with van der Waals surface area (Å²) in [4.78, 5) is 34.0. The van der Waals surface area contributed by atoms with Crippen LogP contribution in [0.2, 0.25) is 5.02 Å². The number of ether oxygens (including phenoxy) is 1. The molecule has 9 heteroatoms. The van der Waals surface area contributed by atoms with Crippen molar-refractivity contribution < 1.29 is 14.3 Å². The van der Waals surface area contributed by atoms with Gasteiger partial charge in [-0.2, -0.15) is 10.1 Å². The van der Waals surface area contributed by atoms with Gasteiger partial charge in [0.05, 0.1) is 19.5 Å². The minimum absolute atomic E-state index is 0.0745. The Labute approximate surface area is 203 Å². The molecule has 1 N–H and O–H groups in total. The second-order valence-corrected chi connectivity index (χ2v) is 8.85. The third kappa shape index (κ3) is 5.17. The molecule has 3 aromatic rings. The Hall–Kier alpha value is -3.52. The molecule has 1 aliphatic rings. The number of halogens is 1. The smallest absolute Gasteiger partial charge is 0.247 e. The number of hydrogen-bond acceptors (Lipinski definition) is 6. The largest absolute Gasteiger partial charge is 0.480 e. The zero-order chi connectivity index (χ0) is 24.2. The average molecular weight is 480 g/mol. The van der Waals surface area contributed by atoms with E-state index in [1.807, 2.05) is 19.3 Å². The maximum absolute atomic E-state index is 13.4. The SMILES string of the molecule is C=CC(=O)Nc1ccc(C(=O)C2CC[C@@H](Cc3ncc(Cl)c(OC)n3)C2)cc1-c1cnn(C)c1. The molecule has 0 spiro atoms. The van der Waals surface area contributed by atoms with E-state index in [-0.39, 0.29) is 17.6 Å². The molecule has 2 atom stereocenters. The van der Waals surface area contributed by atoms with Crippen molar-refractivity contribution in [3.63, 3.8) is 0 Å². The van der Waals surface area contributed by atoms with E-state index in [9.17, 15) is 9.59 Å². The fourth-order valence-corrected chi connectivity index (χ4v) is 4.58. The maximum atomic E-state index is 13.4. The number of Topliss-reactive ketones (excluding diaryl/α,β-unsaturated/α-hetero) is 1. The molecule has 1 amide bonds. The average Bonchev–Trinajstić information content (AvgIpc) is 3.49. The molecule has 176 valence electrons. The number of amides is 1. The van der Waals surface area contributed by atoms with Gasteiger partial charge in [-0.25, -0.2) is 4.98 Å². The van der Waals surface area contributed by atoms with Gasteiger partial charge in [0.15, 0.2) is 5.78 Å². The maximum Gasteiger partial charge on any atom is 0.247 e. The first-order valence-corrected chi connectivity index (χ1v) is 11.4. The number of aromatic nitrogens is 4. The van der Waals surface area contributed by atoms with Gasteiger partial charge >= 0.3 is 0 Å². The Bertz CT molecular complexity index is 1240. The Morgan fingerprint density at radius 1 is 1.32 bits per heavy atom. The fourth-order valence-electron chi connectivity index (χ4n) is 4.41. The topological polar surface area (TPSA) is 99.0 Å². The second kappa shape index (κ2) is 10.2. The van der Waals surface area contributed by atoms with Gasteiger partial charge in [-0.15, -0.1) is 0 Å². The molecule has 0 saturated heterocycles. The van der Waals surface area contributed by atoms with Crippen LogP contribution in [0.3, 0.4) is 0 Å². The van der Waals surface area contributed by atoms with Gasteiger partial charge < -0.3 is 10.1 Å². The zero-order valence-corrected chi connectivity index (χ0v) is 19.9. The van der Waals surface area contributed by atoms with Crippen molar-refractivity contribution in [3.8, 4) is 17.0 Å². The minimum atomic E-state index is -0.316. The van der Waals surface area contributed by atoms with E-state index in [0.717, 1.165) is 30.4 Å². The van der Waals surface area contributed by atoms with E-state index in [2.05, 4.69) is 27.0 Å². The lowest BCUT2D eigenvalue weighted by Crippen LogP contribution is -2.14. The number of nitrogens with zero attached hydrogens (tertiary/aromatic N) is 4. The highest BCUT2D eigenvalue weighted by Gasteiger charge is 2.31. The number of benzene rings is 1. The monoisotopic (exact) mass is 479 g/mol. The van der Waals surface area contributed by atoms with Crippen LogP contribution in [0, 0.1) is 11.8 Å². The molecule has 1 unspecified atom stereocenters. The summed E-state index contributed by atoms with van der Waals surface area (Å²) in [6.45, 7) is 3.51.